The number of ether oxygens (including phenoxy) is 1. The lowest BCUT2D eigenvalue weighted by Gasteiger charge is -2.08. The Labute approximate surface area is 179 Å². The Morgan fingerprint density at radius 3 is 2.73 bits per heavy atom. The van der Waals surface area contributed by atoms with E-state index in [1.54, 1.807) is 0 Å². The fraction of sp³-hybridized carbons (Fsp3) is 0.261. The van der Waals surface area contributed by atoms with Crippen LogP contribution in [0, 0.1) is 6.92 Å². The van der Waals surface area contributed by atoms with Crippen molar-refractivity contribution in [3.8, 4) is 17.2 Å². The molecular weight excluding hydrogens is 400 g/mol. The van der Waals surface area contributed by atoms with Gasteiger partial charge in [-0.2, -0.15) is 0 Å². The van der Waals surface area contributed by atoms with Crippen LogP contribution in [0.25, 0.3) is 11.5 Å². The summed E-state index contributed by atoms with van der Waals surface area (Å²) in [6, 6.07) is 17.7. The van der Waals surface area contributed by atoms with E-state index in [9.17, 15) is 9.59 Å². The number of imide groups is 1. The monoisotopic (exact) mass is 422 g/mol. The number of benzene rings is 2. The molecule has 1 aliphatic rings. The minimum atomic E-state index is -0.272. The summed E-state index contributed by atoms with van der Waals surface area (Å²) in [5.74, 6) is 1.92. The van der Waals surface area contributed by atoms with E-state index in [2.05, 4.69) is 10.3 Å². The minimum absolute atomic E-state index is 0.181. The van der Waals surface area contributed by atoms with Crippen molar-refractivity contribution in [3.63, 3.8) is 0 Å². The van der Waals surface area contributed by atoms with Gasteiger partial charge in [0.25, 0.3) is 5.24 Å². The average molecular weight is 423 g/mol. The first-order valence-electron chi connectivity index (χ1n) is 9.83. The van der Waals surface area contributed by atoms with Crippen LogP contribution in [-0.2, 0) is 17.8 Å². The molecule has 1 N–H and O–H groups in total. The number of amides is 2. The maximum absolute atomic E-state index is 11.6. The van der Waals surface area contributed by atoms with Gasteiger partial charge in [-0.25, -0.2) is 4.98 Å². The number of thioether (sulfide) groups is 1. The first-order valence-corrected chi connectivity index (χ1v) is 10.7. The van der Waals surface area contributed by atoms with Crippen molar-refractivity contribution in [3.05, 3.63) is 71.6 Å². The van der Waals surface area contributed by atoms with Crippen molar-refractivity contribution in [1.29, 1.82) is 0 Å². The summed E-state index contributed by atoms with van der Waals surface area (Å²) in [5, 5.41) is 1.80. The molecule has 0 spiro atoms. The molecule has 1 saturated heterocycles. The zero-order chi connectivity index (χ0) is 20.9. The summed E-state index contributed by atoms with van der Waals surface area (Å²) in [4.78, 5) is 27.4. The van der Waals surface area contributed by atoms with E-state index in [0.717, 1.165) is 52.9 Å². The Hall–Kier alpha value is -3.06. The summed E-state index contributed by atoms with van der Waals surface area (Å²) < 4.78 is 11.7. The maximum atomic E-state index is 11.6. The number of carbonyl (C=O) groups excluding carboxylic acids is 2. The zero-order valence-corrected chi connectivity index (χ0v) is 17.4. The van der Waals surface area contributed by atoms with Gasteiger partial charge in [-0.3, -0.25) is 14.9 Å². The summed E-state index contributed by atoms with van der Waals surface area (Å²) >= 11 is 1.08. The molecule has 6 nitrogen and oxygen atoms in total. The number of nitrogens with one attached hydrogen (secondary N) is 1. The SMILES string of the molecule is Cc1oc(-c2ccccc2)nc1COc1cccc(CCCC2SC(=O)NC2=O)c1. The summed E-state index contributed by atoms with van der Waals surface area (Å²) in [6.07, 6.45) is 2.31. The van der Waals surface area contributed by atoms with E-state index in [1.807, 2.05) is 61.5 Å². The molecular formula is C23H22N2O4S. The molecule has 2 heterocycles. The molecule has 0 bridgehead atoms. The van der Waals surface area contributed by atoms with Crippen LogP contribution in [-0.4, -0.2) is 21.4 Å². The second kappa shape index (κ2) is 9.17. The molecule has 1 unspecified atom stereocenters. The van der Waals surface area contributed by atoms with Gasteiger partial charge in [0, 0.05) is 5.56 Å². The van der Waals surface area contributed by atoms with Crippen LogP contribution in [0.5, 0.6) is 5.75 Å². The zero-order valence-electron chi connectivity index (χ0n) is 16.6. The van der Waals surface area contributed by atoms with Gasteiger partial charge in [0.05, 0.1) is 5.25 Å². The smallest absolute Gasteiger partial charge is 0.286 e. The predicted molar refractivity (Wildman–Crippen MR) is 115 cm³/mol. The lowest BCUT2D eigenvalue weighted by atomic mass is 10.1. The topological polar surface area (TPSA) is 81.4 Å². The van der Waals surface area contributed by atoms with Crippen LogP contribution >= 0.6 is 11.8 Å². The number of aryl methyl sites for hydroxylation is 2. The molecule has 0 aliphatic carbocycles. The number of nitrogens with zero attached hydrogens (tertiary/aromatic N) is 1. The van der Waals surface area contributed by atoms with Crippen LogP contribution < -0.4 is 10.1 Å². The third-order valence-corrected chi connectivity index (χ3v) is 5.94. The highest BCUT2D eigenvalue weighted by atomic mass is 32.2. The van der Waals surface area contributed by atoms with Gasteiger partial charge in [0.2, 0.25) is 11.8 Å². The molecule has 154 valence electrons. The number of hydrogen-bond donors (Lipinski definition) is 1. The van der Waals surface area contributed by atoms with E-state index in [-0.39, 0.29) is 16.4 Å². The van der Waals surface area contributed by atoms with E-state index in [1.165, 1.54) is 0 Å². The quantitative estimate of drug-likeness (QED) is 0.556. The Morgan fingerprint density at radius 2 is 1.97 bits per heavy atom. The third-order valence-electron chi connectivity index (χ3n) is 4.89. The predicted octanol–water partition coefficient (Wildman–Crippen LogP) is 4.90. The molecule has 1 atom stereocenters. The summed E-state index contributed by atoms with van der Waals surface area (Å²) in [6.45, 7) is 2.21. The minimum Gasteiger partial charge on any atom is -0.487 e. The number of carbonyl (C=O) groups is 2. The molecule has 2 amide bonds. The van der Waals surface area contributed by atoms with Gasteiger partial charge in [-0.1, -0.05) is 42.1 Å². The normalized spacial score (nSPS) is 16.0. The number of aromatic nitrogens is 1. The standard InChI is InChI=1S/C23H22N2O4S/c1-15-19(24-22(29-15)17-9-3-2-4-10-17)14-28-18-11-5-7-16(13-18)8-6-12-20-21(26)25-23(27)30-20/h2-5,7,9-11,13,20H,6,8,12,14H2,1H3,(H,25,26,27). The average Bonchev–Trinajstić information content (AvgIpc) is 3.28. The lowest BCUT2D eigenvalue weighted by Crippen LogP contribution is -2.24. The maximum Gasteiger partial charge on any atom is 0.286 e. The second-order valence-electron chi connectivity index (χ2n) is 7.10. The van der Waals surface area contributed by atoms with E-state index in [0.29, 0.717) is 18.9 Å². The summed E-state index contributed by atoms with van der Waals surface area (Å²) in [5.41, 5.74) is 2.84. The molecule has 3 aromatic rings. The number of rotatable bonds is 8. The molecule has 1 aromatic heterocycles. The number of oxazole rings is 1. The van der Waals surface area contributed by atoms with Crippen molar-refractivity contribution in [1.82, 2.24) is 10.3 Å². The van der Waals surface area contributed by atoms with E-state index in [4.69, 9.17) is 9.15 Å². The van der Waals surface area contributed by atoms with Gasteiger partial charge in [0.1, 0.15) is 23.8 Å². The lowest BCUT2D eigenvalue weighted by molar-refractivity contribution is -0.119. The first-order chi connectivity index (χ1) is 14.6. The van der Waals surface area contributed by atoms with Gasteiger partial charge in [-0.15, -0.1) is 0 Å². The van der Waals surface area contributed by atoms with Gasteiger partial charge in [-0.05, 0) is 56.0 Å². The molecule has 1 aliphatic heterocycles. The van der Waals surface area contributed by atoms with Gasteiger partial charge < -0.3 is 9.15 Å². The highest BCUT2D eigenvalue weighted by Crippen LogP contribution is 2.25. The van der Waals surface area contributed by atoms with Crippen LogP contribution in [0.4, 0.5) is 4.79 Å². The Bertz CT molecular complexity index is 1050. The van der Waals surface area contributed by atoms with E-state index < -0.39 is 0 Å². The van der Waals surface area contributed by atoms with Crippen molar-refractivity contribution >= 4 is 22.9 Å². The molecule has 0 saturated carbocycles. The Kier molecular flexibility index (Phi) is 6.18. The molecule has 30 heavy (non-hydrogen) atoms. The van der Waals surface area contributed by atoms with E-state index >= 15 is 0 Å². The Morgan fingerprint density at radius 1 is 1.13 bits per heavy atom. The van der Waals surface area contributed by atoms with Crippen molar-refractivity contribution in [2.75, 3.05) is 0 Å². The highest BCUT2D eigenvalue weighted by Gasteiger charge is 2.30. The van der Waals surface area contributed by atoms with Crippen molar-refractivity contribution in [2.45, 2.75) is 38.0 Å². The third kappa shape index (κ3) is 4.91. The Balaban J connectivity index is 1.32. The van der Waals surface area contributed by atoms with Crippen LogP contribution in [0.3, 0.4) is 0 Å². The second-order valence-corrected chi connectivity index (χ2v) is 8.27. The molecule has 0 radical (unpaired) electrons. The largest absolute Gasteiger partial charge is 0.487 e. The van der Waals surface area contributed by atoms with Gasteiger partial charge >= 0.3 is 0 Å². The van der Waals surface area contributed by atoms with Crippen LogP contribution in [0.1, 0.15) is 29.9 Å². The van der Waals surface area contributed by atoms with Crippen molar-refractivity contribution in [2.24, 2.45) is 0 Å². The molecule has 2 aromatic carbocycles. The molecule has 7 heteroatoms. The molecule has 4 rings (SSSR count). The highest BCUT2D eigenvalue weighted by molar-refractivity contribution is 8.15. The summed E-state index contributed by atoms with van der Waals surface area (Å²) in [7, 11) is 0. The first kappa shape index (κ1) is 20.2. The van der Waals surface area contributed by atoms with Crippen LogP contribution in [0.15, 0.2) is 59.0 Å². The number of hydrogen-bond acceptors (Lipinski definition) is 6. The fourth-order valence-electron chi connectivity index (χ4n) is 3.28. The van der Waals surface area contributed by atoms with Crippen molar-refractivity contribution < 1.29 is 18.7 Å². The molecule has 1 fully saturated rings. The van der Waals surface area contributed by atoms with Crippen LogP contribution in [0.2, 0.25) is 0 Å². The fourth-order valence-corrected chi connectivity index (χ4v) is 4.15. The van der Waals surface area contributed by atoms with Gasteiger partial charge in [0.15, 0.2) is 0 Å².